The maximum absolute atomic E-state index is 16.9. The molecule has 50 heavy (non-hydrogen) atoms. The molecular formula is C37H38FN7O5. The zero-order valence-electron chi connectivity index (χ0n) is 27.5. The number of ether oxygens (including phenoxy) is 1. The molecule has 5 saturated heterocycles. The topological polar surface area (TPSA) is 140 Å². The van der Waals surface area contributed by atoms with Crippen molar-refractivity contribution in [3.05, 3.63) is 54.3 Å². The molecule has 5 aliphatic rings. The number of carbonyl (C=O) groups excluding carboxylic acids is 3. The molecule has 4 aromatic rings. The number of urea groups is 1. The lowest BCUT2D eigenvalue weighted by Gasteiger charge is -2.42. The monoisotopic (exact) mass is 679 g/mol. The fourth-order valence-corrected chi connectivity index (χ4v) is 9.18. The number of phenolic OH excluding ortho intramolecular Hbond substituents is 1. The number of phenols is 1. The van der Waals surface area contributed by atoms with E-state index >= 15 is 4.39 Å². The molecule has 5 fully saturated rings. The third kappa shape index (κ3) is 5.09. The minimum absolute atomic E-state index is 0.0429. The van der Waals surface area contributed by atoms with E-state index in [1.54, 1.807) is 18.2 Å². The van der Waals surface area contributed by atoms with Gasteiger partial charge in [-0.1, -0.05) is 30.3 Å². The lowest BCUT2D eigenvalue weighted by molar-refractivity contribution is -0.136. The van der Waals surface area contributed by atoms with Crippen molar-refractivity contribution in [2.45, 2.75) is 68.6 Å². The number of hydrogen-bond acceptors (Lipinski definition) is 9. The number of benzene rings is 3. The van der Waals surface area contributed by atoms with Crippen molar-refractivity contribution in [2.24, 2.45) is 0 Å². The highest BCUT2D eigenvalue weighted by Crippen LogP contribution is 2.42. The summed E-state index contributed by atoms with van der Waals surface area (Å²) in [5, 5.41) is 17.4. The van der Waals surface area contributed by atoms with Gasteiger partial charge < -0.3 is 25.0 Å². The predicted molar refractivity (Wildman–Crippen MR) is 183 cm³/mol. The smallest absolute Gasteiger partial charge is 0.322 e. The first kappa shape index (κ1) is 31.0. The summed E-state index contributed by atoms with van der Waals surface area (Å²) in [6.07, 6.45) is 5.78. The Morgan fingerprint density at radius 1 is 0.980 bits per heavy atom. The molecule has 1 aromatic heterocycles. The molecule has 2 unspecified atom stereocenters. The van der Waals surface area contributed by atoms with Gasteiger partial charge in [0.2, 0.25) is 5.91 Å². The van der Waals surface area contributed by atoms with Crippen LogP contribution in [-0.2, 0) is 9.59 Å². The second kappa shape index (κ2) is 11.8. The molecule has 5 aliphatic heterocycles. The molecule has 0 spiro atoms. The molecule has 3 N–H and O–H groups in total. The molecule has 2 bridgehead atoms. The van der Waals surface area contributed by atoms with Crippen LogP contribution in [0.1, 0.15) is 44.9 Å². The summed E-state index contributed by atoms with van der Waals surface area (Å²) >= 11 is 0. The highest BCUT2D eigenvalue weighted by atomic mass is 19.1. The van der Waals surface area contributed by atoms with Crippen molar-refractivity contribution >= 4 is 45.3 Å². The quantitative estimate of drug-likeness (QED) is 0.247. The molecule has 6 heterocycles. The summed E-state index contributed by atoms with van der Waals surface area (Å²) in [4.78, 5) is 53.4. The Morgan fingerprint density at radius 2 is 1.74 bits per heavy atom. The number of fused-ring (bicyclic) bond motifs is 5. The zero-order chi connectivity index (χ0) is 34.1. The Hall–Kier alpha value is -5.04. The largest absolute Gasteiger partial charge is 0.508 e. The fraction of sp³-hybridized carbons (Fsp3) is 0.432. The lowest BCUT2D eigenvalue weighted by Crippen LogP contribution is -2.57. The molecule has 0 saturated carbocycles. The summed E-state index contributed by atoms with van der Waals surface area (Å²) in [6.45, 7) is 3.46. The highest BCUT2D eigenvalue weighted by Gasteiger charge is 2.46. The van der Waals surface area contributed by atoms with E-state index in [-0.39, 0.29) is 47.2 Å². The third-order valence-corrected chi connectivity index (χ3v) is 11.5. The number of amides is 4. The predicted octanol–water partition coefficient (Wildman–Crippen LogP) is 4.08. The number of rotatable bonds is 7. The van der Waals surface area contributed by atoms with Gasteiger partial charge in [0.15, 0.2) is 5.82 Å². The van der Waals surface area contributed by atoms with E-state index in [9.17, 15) is 19.5 Å². The van der Waals surface area contributed by atoms with Crippen molar-refractivity contribution in [1.82, 2.24) is 30.4 Å². The Labute approximate surface area is 287 Å². The fourth-order valence-electron chi connectivity index (χ4n) is 9.18. The molecule has 4 amide bonds. The van der Waals surface area contributed by atoms with Gasteiger partial charge in [-0.25, -0.2) is 9.18 Å². The Morgan fingerprint density at radius 3 is 2.48 bits per heavy atom. The van der Waals surface area contributed by atoms with E-state index in [0.29, 0.717) is 42.0 Å². The normalized spacial score (nSPS) is 24.2. The van der Waals surface area contributed by atoms with Gasteiger partial charge in [0, 0.05) is 36.1 Å². The van der Waals surface area contributed by atoms with Crippen LogP contribution in [0, 0.1) is 5.82 Å². The van der Waals surface area contributed by atoms with Gasteiger partial charge in [0.25, 0.3) is 5.91 Å². The summed E-state index contributed by atoms with van der Waals surface area (Å²) < 4.78 is 23.3. The molecule has 0 aliphatic carbocycles. The molecular weight excluding hydrogens is 641 g/mol. The van der Waals surface area contributed by atoms with Crippen molar-refractivity contribution < 1.29 is 28.6 Å². The average molecular weight is 680 g/mol. The number of aromatic hydroxyl groups is 1. The summed E-state index contributed by atoms with van der Waals surface area (Å²) in [6, 6.07) is 12.7. The first-order valence-electron chi connectivity index (χ1n) is 17.5. The number of aromatic nitrogens is 2. The summed E-state index contributed by atoms with van der Waals surface area (Å²) in [5.41, 5.74) is 0.956. The van der Waals surface area contributed by atoms with Crippen LogP contribution in [0.5, 0.6) is 11.8 Å². The SMILES string of the molecule is O=C1NC(=O)[C@H](CC(=O)N2C3CCC2CN(c2nc(OCC45CCCN4CCC5)nc4c(F)c(-c5cc(O)cc6ccccc56)ccc24)C3)N1. The summed E-state index contributed by atoms with van der Waals surface area (Å²) in [7, 11) is 0. The van der Waals surface area contributed by atoms with Crippen LogP contribution >= 0.6 is 0 Å². The first-order chi connectivity index (χ1) is 24.3. The summed E-state index contributed by atoms with van der Waals surface area (Å²) in [5.74, 6) is -0.604. The van der Waals surface area contributed by atoms with Gasteiger partial charge >= 0.3 is 12.0 Å². The van der Waals surface area contributed by atoms with Gasteiger partial charge in [0.05, 0.1) is 12.0 Å². The number of imide groups is 1. The van der Waals surface area contributed by atoms with E-state index in [4.69, 9.17) is 14.7 Å². The number of anilines is 1. The zero-order valence-corrected chi connectivity index (χ0v) is 27.5. The maximum atomic E-state index is 16.9. The molecule has 12 nitrogen and oxygen atoms in total. The van der Waals surface area contributed by atoms with E-state index < -0.39 is 23.8 Å². The molecule has 3 aromatic carbocycles. The van der Waals surface area contributed by atoms with Crippen LogP contribution in [0.25, 0.3) is 32.8 Å². The number of nitrogens with zero attached hydrogens (tertiary/aromatic N) is 5. The number of carbonyl (C=O) groups is 3. The third-order valence-electron chi connectivity index (χ3n) is 11.5. The van der Waals surface area contributed by atoms with Crippen LogP contribution in [-0.4, -0.2) is 99.2 Å². The van der Waals surface area contributed by atoms with Gasteiger partial charge in [-0.2, -0.15) is 9.97 Å². The number of piperazine rings is 1. The highest BCUT2D eigenvalue weighted by molar-refractivity contribution is 6.06. The van der Waals surface area contributed by atoms with E-state index in [1.165, 1.54) is 0 Å². The number of halogens is 1. The number of nitrogens with one attached hydrogen (secondary N) is 2. The van der Waals surface area contributed by atoms with E-state index in [2.05, 4.69) is 20.4 Å². The molecule has 3 atom stereocenters. The molecule has 258 valence electrons. The standard InChI is InChI=1S/C37H38FN7O5/c38-31-26(28-16-24(46)15-21-5-1-2-6-25(21)28)9-10-27-32(31)40-36(50-20-37-11-3-13-44(37)14-4-12-37)41-33(27)43-18-22-7-8-23(19-43)45(22)30(47)17-29-34(48)42-35(49)39-29/h1-2,5-6,9-10,15-16,22-23,29,46H,3-4,7-8,11-14,17-20H2,(H2,39,42,48,49)/t22?,23?,29-/m0/s1. The maximum Gasteiger partial charge on any atom is 0.322 e. The Bertz CT molecular complexity index is 2050. The average Bonchev–Trinajstić information content (AvgIpc) is 3.84. The van der Waals surface area contributed by atoms with Crippen LogP contribution in [0.2, 0.25) is 0 Å². The van der Waals surface area contributed by atoms with Gasteiger partial charge in [-0.15, -0.1) is 0 Å². The minimum atomic E-state index is -0.881. The van der Waals surface area contributed by atoms with Crippen LogP contribution < -0.4 is 20.3 Å². The Kier molecular flexibility index (Phi) is 7.30. The lowest BCUT2D eigenvalue weighted by atomic mass is 9.95. The van der Waals surface area contributed by atoms with E-state index in [0.717, 1.165) is 62.4 Å². The molecule has 0 radical (unpaired) electrons. The Balaban J connectivity index is 1.08. The van der Waals surface area contributed by atoms with Crippen LogP contribution in [0.15, 0.2) is 48.5 Å². The minimum Gasteiger partial charge on any atom is -0.508 e. The van der Waals surface area contributed by atoms with Gasteiger partial charge in [0.1, 0.15) is 29.7 Å². The van der Waals surface area contributed by atoms with Crippen molar-refractivity contribution in [3.63, 3.8) is 0 Å². The van der Waals surface area contributed by atoms with E-state index in [1.807, 2.05) is 35.2 Å². The van der Waals surface area contributed by atoms with Crippen molar-refractivity contribution in [3.8, 4) is 22.9 Å². The first-order valence-corrected chi connectivity index (χ1v) is 17.5. The van der Waals surface area contributed by atoms with Crippen LogP contribution in [0.4, 0.5) is 15.0 Å². The van der Waals surface area contributed by atoms with Gasteiger partial charge in [-0.3, -0.25) is 19.8 Å². The number of hydrogen-bond donors (Lipinski definition) is 3. The van der Waals surface area contributed by atoms with Crippen molar-refractivity contribution in [2.75, 3.05) is 37.7 Å². The van der Waals surface area contributed by atoms with Crippen LogP contribution in [0.3, 0.4) is 0 Å². The second-order valence-electron chi connectivity index (χ2n) is 14.4. The van der Waals surface area contributed by atoms with Crippen molar-refractivity contribution in [1.29, 1.82) is 0 Å². The van der Waals surface area contributed by atoms with Gasteiger partial charge in [-0.05, 0) is 86.1 Å². The second-order valence-corrected chi connectivity index (χ2v) is 14.4. The molecule has 9 rings (SSSR count). The molecule has 13 heteroatoms.